The molecule has 0 unspecified atom stereocenters. The summed E-state index contributed by atoms with van der Waals surface area (Å²) in [6.45, 7) is 0. The molecule has 0 amide bonds. The van der Waals surface area contributed by atoms with Gasteiger partial charge in [-0.15, -0.1) is 0 Å². The molecule has 2 aromatic heterocycles. The maximum absolute atomic E-state index is 3.56. The van der Waals surface area contributed by atoms with Crippen molar-refractivity contribution in [2.45, 2.75) is 25.2 Å². The van der Waals surface area contributed by atoms with Crippen LogP contribution in [0.25, 0.3) is 21.8 Å². The number of hydrogen-bond acceptors (Lipinski definition) is 0. The second kappa shape index (κ2) is 6.86. The van der Waals surface area contributed by atoms with Crippen molar-refractivity contribution >= 4 is 37.7 Å². The van der Waals surface area contributed by atoms with E-state index < -0.39 is 0 Å². The topological polar surface area (TPSA) is 31.6 Å². The highest BCUT2D eigenvalue weighted by Gasteiger charge is 2.20. The van der Waals surface area contributed by atoms with Crippen molar-refractivity contribution in [3.05, 3.63) is 72.1 Å². The molecule has 122 valence electrons. The first kappa shape index (κ1) is 15.5. The highest BCUT2D eigenvalue weighted by Crippen LogP contribution is 2.37. The van der Waals surface area contributed by atoms with Crippen molar-refractivity contribution in [3.8, 4) is 0 Å². The summed E-state index contributed by atoms with van der Waals surface area (Å²) < 4.78 is 0. The standard InChI is InChI=1S/C21H21BrN2/c22-12-6-5-7-15(18-13-23-20-10-3-1-8-16(18)20)19-14-24-21-11-4-2-9-17(19)21/h1-4,8-11,13-15,23-24H,5-7,12H2. The molecule has 4 aromatic rings. The Balaban J connectivity index is 1.82. The summed E-state index contributed by atoms with van der Waals surface area (Å²) in [6, 6.07) is 17.2. The van der Waals surface area contributed by atoms with Gasteiger partial charge in [0.1, 0.15) is 0 Å². The van der Waals surface area contributed by atoms with Crippen LogP contribution < -0.4 is 0 Å². The summed E-state index contributed by atoms with van der Waals surface area (Å²) in [4.78, 5) is 6.90. The molecule has 0 atom stereocenters. The second-order valence-electron chi connectivity index (χ2n) is 6.32. The van der Waals surface area contributed by atoms with Crippen molar-refractivity contribution in [1.29, 1.82) is 0 Å². The lowest BCUT2D eigenvalue weighted by atomic mass is 9.86. The molecule has 0 saturated carbocycles. The van der Waals surface area contributed by atoms with Gasteiger partial charge in [-0.3, -0.25) is 0 Å². The fourth-order valence-corrected chi connectivity index (χ4v) is 4.08. The lowest BCUT2D eigenvalue weighted by molar-refractivity contribution is 0.660. The number of aromatic nitrogens is 2. The molecule has 3 heteroatoms. The molecular formula is C21H21BrN2. The number of hydrogen-bond donors (Lipinski definition) is 2. The van der Waals surface area contributed by atoms with Gasteiger partial charge in [0.25, 0.3) is 0 Å². The largest absolute Gasteiger partial charge is 0.361 e. The summed E-state index contributed by atoms with van der Waals surface area (Å²) in [5.41, 5.74) is 5.26. The molecule has 0 aliphatic heterocycles. The van der Waals surface area contributed by atoms with E-state index in [0.29, 0.717) is 5.92 Å². The van der Waals surface area contributed by atoms with Crippen LogP contribution in [0.5, 0.6) is 0 Å². The molecule has 0 aliphatic rings. The first-order valence-corrected chi connectivity index (χ1v) is 9.68. The third-order valence-corrected chi connectivity index (χ3v) is 5.43. The van der Waals surface area contributed by atoms with E-state index in [1.54, 1.807) is 0 Å². The van der Waals surface area contributed by atoms with Gasteiger partial charge in [0.2, 0.25) is 0 Å². The van der Waals surface area contributed by atoms with Gasteiger partial charge in [0.05, 0.1) is 0 Å². The van der Waals surface area contributed by atoms with Crippen LogP contribution in [0.4, 0.5) is 0 Å². The molecule has 0 fully saturated rings. The Morgan fingerprint density at radius 3 is 1.83 bits per heavy atom. The van der Waals surface area contributed by atoms with E-state index in [-0.39, 0.29) is 0 Å². The zero-order valence-corrected chi connectivity index (χ0v) is 15.1. The number of unbranched alkanes of at least 4 members (excludes halogenated alkanes) is 1. The Kier molecular flexibility index (Phi) is 4.44. The van der Waals surface area contributed by atoms with Crippen molar-refractivity contribution in [2.75, 3.05) is 5.33 Å². The maximum atomic E-state index is 3.56. The van der Waals surface area contributed by atoms with Gasteiger partial charge in [0.15, 0.2) is 0 Å². The Hall–Kier alpha value is -2.00. The lowest BCUT2D eigenvalue weighted by Crippen LogP contribution is -2.00. The van der Waals surface area contributed by atoms with Gasteiger partial charge >= 0.3 is 0 Å². The number of H-pyrrole nitrogens is 2. The van der Waals surface area contributed by atoms with Crippen LogP contribution in [0.3, 0.4) is 0 Å². The van der Waals surface area contributed by atoms with E-state index >= 15 is 0 Å². The quantitative estimate of drug-likeness (QED) is 0.288. The highest BCUT2D eigenvalue weighted by atomic mass is 79.9. The average molecular weight is 381 g/mol. The fourth-order valence-electron chi connectivity index (χ4n) is 3.69. The molecule has 0 bridgehead atoms. The molecule has 0 aliphatic carbocycles. The van der Waals surface area contributed by atoms with E-state index in [2.05, 4.69) is 86.8 Å². The number of aromatic amines is 2. The lowest BCUT2D eigenvalue weighted by Gasteiger charge is -2.16. The zero-order valence-electron chi connectivity index (χ0n) is 13.6. The van der Waals surface area contributed by atoms with E-state index in [1.807, 2.05) is 0 Å². The highest BCUT2D eigenvalue weighted by molar-refractivity contribution is 9.09. The van der Waals surface area contributed by atoms with Crippen LogP contribution in [0, 0.1) is 0 Å². The first-order chi connectivity index (χ1) is 11.9. The van der Waals surface area contributed by atoms with Gasteiger partial charge in [0, 0.05) is 45.4 Å². The minimum atomic E-state index is 0.413. The zero-order chi connectivity index (χ0) is 16.4. The Morgan fingerprint density at radius 2 is 1.29 bits per heavy atom. The fraction of sp³-hybridized carbons (Fsp3) is 0.238. The normalized spacial score (nSPS) is 11.8. The molecule has 2 aromatic carbocycles. The van der Waals surface area contributed by atoms with E-state index in [1.165, 1.54) is 45.8 Å². The number of fused-ring (bicyclic) bond motifs is 2. The van der Waals surface area contributed by atoms with Crippen LogP contribution in [0.1, 0.15) is 36.3 Å². The summed E-state index contributed by atoms with van der Waals surface area (Å²) >= 11 is 3.56. The summed E-state index contributed by atoms with van der Waals surface area (Å²) in [7, 11) is 0. The second-order valence-corrected chi connectivity index (χ2v) is 7.11. The molecule has 0 radical (unpaired) electrons. The van der Waals surface area contributed by atoms with Gasteiger partial charge < -0.3 is 9.97 Å². The van der Waals surface area contributed by atoms with E-state index in [4.69, 9.17) is 0 Å². The van der Waals surface area contributed by atoms with Crippen molar-refractivity contribution in [2.24, 2.45) is 0 Å². The molecular weight excluding hydrogens is 360 g/mol. The van der Waals surface area contributed by atoms with Crippen molar-refractivity contribution in [3.63, 3.8) is 0 Å². The number of nitrogens with one attached hydrogen (secondary N) is 2. The molecule has 4 rings (SSSR count). The number of benzene rings is 2. The minimum Gasteiger partial charge on any atom is -0.361 e. The number of halogens is 1. The predicted octanol–water partition coefficient (Wildman–Crippen LogP) is 6.35. The minimum absolute atomic E-state index is 0.413. The Morgan fingerprint density at radius 1 is 0.750 bits per heavy atom. The maximum Gasteiger partial charge on any atom is 0.0457 e. The first-order valence-electron chi connectivity index (χ1n) is 8.56. The smallest absolute Gasteiger partial charge is 0.0457 e. The summed E-state index contributed by atoms with van der Waals surface area (Å²) in [6.07, 6.45) is 7.99. The monoisotopic (exact) mass is 380 g/mol. The van der Waals surface area contributed by atoms with Crippen molar-refractivity contribution in [1.82, 2.24) is 9.97 Å². The van der Waals surface area contributed by atoms with E-state index in [0.717, 1.165) is 11.8 Å². The molecule has 2 heterocycles. The van der Waals surface area contributed by atoms with Crippen LogP contribution in [-0.2, 0) is 0 Å². The third-order valence-electron chi connectivity index (χ3n) is 4.87. The van der Waals surface area contributed by atoms with E-state index in [9.17, 15) is 0 Å². The van der Waals surface area contributed by atoms with Crippen LogP contribution in [0.15, 0.2) is 60.9 Å². The van der Waals surface area contributed by atoms with Gasteiger partial charge in [-0.2, -0.15) is 0 Å². The molecule has 2 nitrogen and oxygen atoms in total. The Labute approximate surface area is 150 Å². The predicted molar refractivity (Wildman–Crippen MR) is 106 cm³/mol. The third kappa shape index (κ3) is 2.78. The SMILES string of the molecule is BrCCCCC(c1c[nH]c2ccccc12)c1c[nH]c2ccccc12. The number of alkyl halides is 1. The molecule has 0 saturated heterocycles. The summed E-state index contributed by atoms with van der Waals surface area (Å²) in [5.74, 6) is 0.413. The van der Waals surface area contributed by atoms with Crippen molar-refractivity contribution < 1.29 is 0 Å². The molecule has 0 spiro atoms. The van der Waals surface area contributed by atoms with Gasteiger partial charge in [-0.1, -0.05) is 58.7 Å². The van der Waals surface area contributed by atoms with Crippen LogP contribution in [-0.4, -0.2) is 15.3 Å². The average Bonchev–Trinajstić information content (AvgIpc) is 3.24. The van der Waals surface area contributed by atoms with Gasteiger partial charge in [-0.05, 0) is 36.1 Å². The van der Waals surface area contributed by atoms with Crippen LogP contribution in [0.2, 0.25) is 0 Å². The van der Waals surface area contributed by atoms with Crippen LogP contribution >= 0.6 is 15.9 Å². The molecule has 2 N–H and O–H groups in total. The molecule has 24 heavy (non-hydrogen) atoms. The van der Waals surface area contributed by atoms with Gasteiger partial charge in [-0.25, -0.2) is 0 Å². The Bertz CT molecular complexity index is 876. The number of para-hydroxylation sites is 2. The summed E-state index contributed by atoms with van der Waals surface area (Å²) in [5, 5.41) is 3.75. The number of rotatable bonds is 6.